The summed E-state index contributed by atoms with van der Waals surface area (Å²) in [6.45, 7) is 6.53. The quantitative estimate of drug-likeness (QED) is 0.425. The molecule has 1 aromatic carbocycles. The fourth-order valence-corrected chi connectivity index (χ4v) is 3.34. The molecule has 10 heteroatoms. The first-order valence-electron chi connectivity index (χ1n) is 10.5. The van der Waals surface area contributed by atoms with Crippen LogP contribution in [0.25, 0.3) is 0 Å². The summed E-state index contributed by atoms with van der Waals surface area (Å²) < 4.78 is 47.0. The van der Waals surface area contributed by atoms with Gasteiger partial charge in [0, 0.05) is 20.1 Å². The van der Waals surface area contributed by atoms with Crippen molar-refractivity contribution in [3.8, 4) is 0 Å². The van der Waals surface area contributed by atoms with Gasteiger partial charge >= 0.3 is 6.18 Å². The number of alkyl halides is 3. The summed E-state index contributed by atoms with van der Waals surface area (Å²) in [5, 5.41) is 11.6. The van der Waals surface area contributed by atoms with Crippen LogP contribution in [-0.4, -0.2) is 51.9 Å². The first kappa shape index (κ1) is 23.1. The number of unbranched alkanes of at least 4 members (excludes halogenated alkanes) is 1. The molecule has 0 bridgehead atoms. The van der Waals surface area contributed by atoms with Crippen molar-refractivity contribution in [2.75, 3.05) is 26.2 Å². The fraction of sp³-hybridized carbons (Fsp3) is 0.571. The molecule has 1 saturated heterocycles. The number of aliphatic imine (C=N–C) groups is 1. The minimum atomic E-state index is -4.38. The molecule has 1 aliphatic rings. The number of benzene rings is 1. The zero-order chi connectivity index (χ0) is 22.4. The lowest BCUT2D eigenvalue weighted by molar-refractivity contribution is -0.137. The number of rotatable bonds is 6. The minimum absolute atomic E-state index is 0.359. The van der Waals surface area contributed by atoms with Crippen LogP contribution in [-0.2, 0) is 24.5 Å². The highest BCUT2D eigenvalue weighted by Gasteiger charge is 2.32. The van der Waals surface area contributed by atoms with Crippen molar-refractivity contribution in [3.05, 3.63) is 47.0 Å². The highest BCUT2D eigenvalue weighted by Crippen LogP contribution is 2.32. The molecule has 1 aromatic heterocycles. The van der Waals surface area contributed by atoms with Gasteiger partial charge in [-0.05, 0) is 31.0 Å². The lowest BCUT2D eigenvalue weighted by atomic mass is 10.0. The van der Waals surface area contributed by atoms with E-state index in [1.165, 1.54) is 6.07 Å². The van der Waals surface area contributed by atoms with Crippen LogP contribution in [0.5, 0.6) is 0 Å². The summed E-state index contributed by atoms with van der Waals surface area (Å²) in [7, 11) is 1.89. The predicted octanol–water partition coefficient (Wildman–Crippen LogP) is 3.46. The molecule has 7 nitrogen and oxygen atoms in total. The third-order valence-electron chi connectivity index (χ3n) is 5.32. The standard InChI is InChI=1S/C21H29F3N6O/c1-4-5-9-25-20(26-13-19-28-27-15(2)29(19)3)30-10-11-31-18(14-30)16-7-6-8-17(12-16)21(22,23)24/h6-8,12,18H,4-5,9-11,13-14H2,1-3H3,(H,25,26). The van der Waals surface area contributed by atoms with E-state index in [2.05, 4.69) is 22.4 Å². The SMILES string of the molecule is CCCCNC(=NCc1nnc(C)n1C)N1CCOC(c2cccc(C(F)(F)F)c2)C1. The maximum atomic E-state index is 13.1. The van der Waals surface area contributed by atoms with Gasteiger partial charge in [-0.2, -0.15) is 13.2 Å². The summed E-state index contributed by atoms with van der Waals surface area (Å²) in [4.78, 5) is 6.76. The zero-order valence-electron chi connectivity index (χ0n) is 18.1. The van der Waals surface area contributed by atoms with Gasteiger partial charge in [0.05, 0.1) is 18.7 Å². The first-order chi connectivity index (χ1) is 14.8. The third-order valence-corrected chi connectivity index (χ3v) is 5.32. The number of aryl methyl sites for hydroxylation is 1. The van der Waals surface area contributed by atoms with Gasteiger partial charge in [-0.15, -0.1) is 10.2 Å². The Bertz CT molecular complexity index is 895. The van der Waals surface area contributed by atoms with Crippen LogP contribution in [0.3, 0.4) is 0 Å². The Labute approximate surface area is 180 Å². The Morgan fingerprint density at radius 3 is 2.81 bits per heavy atom. The van der Waals surface area contributed by atoms with Gasteiger partial charge in [-0.1, -0.05) is 25.5 Å². The van der Waals surface area contributed by atoms with E-state index in [0.29, 0.717) is 37.8 Å². The Hall–Kier alpha value is -2.62. The monoisotopic (exact) mass is 438 g/mol. The van der Waals surface area contributed by atoms with E-state index < -0.39 is 17.8 Å². The molecule has 170 valence electrons. The molecule has 1 fully saturated rings. The number of nitrogens with one attached hydrogen (secondary N) is 1. The lowest BCUT2D eigenvalue weighted by Gasteiger charge is -2.35. The zero-order valence-corrected chi connectivity index (χ0v) is 18.1. The largest absolute Gasteiger partial charge is 0.416 e. The van der Waals surface area contributed by atoms with E-state index in [9.17, 15) is 13.2 Å². The molecule has 0 radical (unpaired) electrons. The van der Waals surface area contributed by atoms with Gasteiger partial charge in [-0.25, -0.2) is 4.99 Å². The van der Waals surface area contributed by atoms with E-state index in [-0.39, 0.29) is 0 Å². The molecule has 2 aromatic rings. The third kappa shape index (κ3) is 5.96. The number of nitrogens with zero attached hydrogens (tertiary/aromatic N) is 5. The molecule has 0 saturated carbocycles. The Kier molecular flexibility index (Phi) is 7.53. The van der Waals surface area contributed by atoms with Crippen molar-refractivity contribution < 1.29 is 17.9 Å². The maximum Gasteiger partial charge on any atom is 0.416 e. The van der Waals surface area contributed by atoms with Crippen molar-refractivity contribution in [1.82, 2.24) is 25.0 Å². The summed E-state index contributed by atoms with van der Waals surface area (Å²) >= 11 is 0. The topological polar surface area (TPSA) is 67.6 Å². The second kappa shape index (κ2) is 10.1. The molecule has 1 N–H and O–H groups in total. The summed E-state index contributed by atoms with van der Waals surface area (Å²) in [6, 6.07) is 5.34. The number of morpholine rings is 1. The fourth-order valence-electron chi connectivity index (χ4n) is 3.34. The van der Waals surface area contributed by atoms with E-state index in [4.69, 9.17) is 9.73 Å². The molecule has 2 heterocycles. The molecular formula is C21H29F3N6O. The van der Waals surface area contributed by atoms with E-state index >= 15 is 0 Å². The van der Waals surface area contributed by atoms with Crippen LogP contribution < -0.4 is 5.32 Å². The number of guanidine groups is 1. The van der Waals surface area contributed by atoms with Crippen LogP contribution in [0, 0.1) is 6.92 Å². The van der Waals surface area contributed by atoms with Gasteiger partial charge < -0.3 is 19.5 Å². The number of hydrogen-bond donors (Lipinski definition) is 1. The molecule has 31 heavy (non-hydrogen) atoms. The normalized spacial score (nSPS) is 17.8. The lowest BCUT2D eigenvalue weighted by Crippen LogP contribution is -2.48. The van der Waals surface area contributed by atoms with Crippen LogP contribution in [0.1, 0.15) is 48.6 Å². The molecule has 1 unspecified atom stereocenters. The molecule has 1 aliphatic heterocycles. The van der Waals surface area contributed by atoms with Crippen LogP contribution in [0.15, 0.2) is 29.3 Å². The van der Waals surface area contributed by atoms with Gasteiger partial charge in [0.2, 0.25) is 0 Å². The first-order valence-corrected chi connectivity index (χ1v) is 10.5. The van der Waals surface area contributed by atoms with E-state index in [1.54, 1.807) is 6.07 Å². The van der Waals surface area contributed by atoms with Crippen LogP contribution in [0.2, 0.25) is 0 Å². The van der Waals surface area contributed by atoms with Crippen molar-refractivity contribution in [2.45, 2.75) is 45.5 Å². The van der Waals surface area contributed by atoms with Crippen molar-refractivity contribution in [3.63, 3.8) is 0 Å². The average Bonchev–Trinajstić information content (AvgIpc) is 3.08. The number of hydrogen-bond acceptors (Lipinski definition) is 4. The number of halogens is 3. The second-order valence-electron chi connectivity index (χ2n) is 7.57. The summed E-state index contributed by atoms with van der Waals surface area (Å²) in [5.41, 5.74) is -0.158. The highest BCUT2D eigenvalue weighted by atomic mass is 19.4. The molecule has 3 rings (SSSR count). The van der Waals surface area contributed by atoms with E-state index in [1.807, 2.05) is 23.4 Å². The molecule has 1 atom stereocenters. The summed E-state index contributed by atoms with van der Waals surface area (Å²) in [6.07, 6.45) is -2.82. The highest BCUT2D eigenvalue weighted by molar-refractivity contribution is 5.80. The predicted molar refractivity (Wildman–Crippen MR) is 111 cm³/mol. The van der Waals surface area contributed by atoms with Gasteiger partial charge in [0.15, 0.2) is 11.8 Å². The Morgan fingerprint density at radius 1 is 1.32 bits per heavy atom. The van der Waals surface area contributed by atoms with Crippen LogP contribution in [0.4, 0.5) is 13.2 Å². The van der Waals surface area contributed by atoms with Crippen molar-refractivity contribution in [2.24, 2.45) is 12.0 Å². The number of aromatic nitrogens is 3. The van der Waals surface area contributed by atoms with Crippen molar-refractivity contribution in [1.29, 1.82) is 0 Å². The Balaban J connectivity index is 1.77. The van der Waals surface area contributed by atoms with Crippen molar-refractivity contribution >= 4 is 5.96 Å². The second-order valence-corrected chi connectivity index (χ2v) is 7.57. The molecule has 0 aliphatic carbocycles. The molecular weight excluding hydrogens is 409 g/mol. The molecule has 0 amide bonds. The number of ether oxygens (including phenoxy) is 1. The van der Waals surface area contributed by atoms with E-state index in [0.717, 1.165) is 43.2 Å². The van der Waals surface area contributed by atoms with Gasteiger partial charge in [-0.3, -0.25) is 0 Å². The van der Waals surface area contributed by atoms with Gasteiger partial charge in [0.1, 0.15) is 18.5 Å². The smallest absolute Gasteiger partial charge is 0.370 e. The van der Waals surface area contributed by atoms with Gasteiger partial charge in [0.25, 0.3) is 0 Å². The Morgan fingerprint density at radius 2 is 2.13 bits per heavy atom. The summed E-state index contributed by atoms with van der Waals surface area (Å²) in [5.74, 6) is 2.26. The maximum absolute atomic E-state index is 13.1. The average molecular weight is 438 g/mol. The molecule has 0 spiro atoms. The van der Waals surface area contributed by atoms with Crippen LogP contribution >= 0.6 is 0 Å². The minimum Gasteiger partial charge on any atom is -0.370 e.